The van der Waals surface area contributed by atoms with Crippen LogP contribution in [-0.2, 0) is 14.3 Å². The van der Waals surface area contributed by atoms with Gasteiger partial charge in [0.25, 0.3) is 5.91 Å². The van der Waals surface area contributed by atoms with Crippen LogP contribution in [0.3, 0.4) is 0 Å². The van der Waals surface area contributed by atoms with Gasteiger partial charge in [0.15, 0.2) is 0 Å². The van der Waals surface area contributed by atoms with Gasteiger partial charge in [0.05, 0.1) is 0 Å². The van der Waals surface area contributed by atoms with Crippen molar-refractivity contribution < 1.29 is 19.1 Å². The third-order valence-corrected chi connectivity index (χ3v) is 6.25. The van der Waals surface area contributed by atoms with Crippen molar-refractivity contribution in [1.82, 2.24) is 10.2 Å². The van der Waals surface area contributed by atoms with Crippen LogP contribution in [0.25, 0.3) is 0 Å². The first kappa shape index (κ1) is 30.4. The smallest absolute Gasteiger partial charge is 0.408 e. The van der Waals surface area contributed by atoms with Crippen LogP contribution < -0.4 is 10.6 Å². The van der Waals surface area contributed by atoms with Gasteiger partial charge in [-0.2, -0.15) is 0 Å². The maximum Gasteiger partial charge on any atom is 0.408 e. The first-order valence-corrected chi connectivity index (χ1v) is 13.1. The first-order chi connectivity index (χ1) is 17.9. The third-order valence-electron chi connectivity index (χ3n) is 6.25. The van der Waals surface area contributed by atoms with E-state index in [1.165, 1.54) is 0 Å². The minimum Gasteiger partial charge on any atom is -0.444 e. The summed E-state index contributed by atoms with van der Waals surface area (Å²) in [5, 5.41) is 5.77. The predicted octanol–water partition coefficient (Wildman–Crippen LogP) is 5.83. The molecule has 0 bridgehead atoms. The summed E-state index contributed by atoms with van der Waals surface area (Å²) < 4.78 is 5.44. The Hall–Kier alpha value is -3.79. The number of nitrogens with zero attached hydrogens (tertiary/aromatic N) is 1. The molecule has 0 aliphatic carbocycles. The molecule has 38 heavy (non-hydrogen) atoms. The molecule has 2 aromatic carbocycles. The highest BCUT2D eigenvalue weighted by atomic mass is 16.6. The molecule has 204 valence electrons. The monoisotopic (exact) mass is 519 g/mol. The van der Waals surface area contributed by atoms with Crippen LogP contribution >= 0.6 is 0 Å². The van der Waals surface area contributed by atoms with Crippen molar-refractivity contribution in [3.8, 4) is 12.3 Å². The van der Waals surface area contributed by atoms with Crippen LogP contribution in [0, 0.1) is 25.2 Å². The second kappa shape index (κ2) is 13.7. The molecule has 0 saturated carbocycles. The van der Waals surface area contributed by atoms with Gasteiger partial charge in [-0.1, -0.05) is 63.4 Å². The van der Waals surface area contributed by atoms with Gasteiger partial charge in [-0.15, -0.1) is 6.42 Å². The van der Waals surface area contributed by atoms with E-state index in [2.05, 4.69) is 16.6 Å². The lowest BCUT2D eigenvalue weighted by molar-refractivity contribution is -0.141. The number of hydrogen-bond donors (Lipinski definition) is 2. The molecule has 0 aliphatic heterocycles. The van der Waals surface area contributed by atoms with Crippen molar-refractivity contribution in [2.24, 2.45) is 5.92 Å². The molecule has 7 nitrogen and oxygen atoms in total. The Kier molecular flexibility index (Phi) is 10.9. The lowest BCUT2D eigenvalue weighted by atomic mass is 9.95. The summed E-state index contributed by atoms with van der Waals surface area (Å²) in [5.41, 5.74) is 2.14. The van der Waals surface area contributed by atoms with Gasteiger partial charge in [0, 0.05) is 17.8 Å². The van der Waals surface area contributed by atoms with Gasteiger partial charge < -0.3 is 20.3 Å². The lowest BCUT2D eigenvalue weighted by Crippen LogP contribution is -2.54. The minimum atomic E-state index is -0.944. The maximum absolute atomic E-state index is 14.1. The number of hydrogen-bond acceptors (Lipinski definition) is 4. The predicted molar refractivity (Wildman–Crippen MR) is 152 cm³/mol. The van der Waals surface area contributed by atoms with Crippen molar-refractivity contribution >= 4 is 23.6 Å². The summed E-state index contributed by atoms with van der Waals surface area (Å²) in [6, 6.07) is 12.7. The Labute approximate surface area is 227 Å². The average molecular weight is 520 g/mol. The molecule has 0 spiro atoms. The van der Waals surface area contributed by atoms with E-state index in [0.717, 1.165) is 5.56 Å². The molecule has 0 aromatic heterocycles. The van der Waals surface area contributed by atoms with E-state index < -0.39 is 23.8 Å². The second-order valence-corrected chi connectivity index (χ2v) is 10.5. The van der Waals surface area contributed by atoms with Crippen LogP contribution in [-0.4, -0.2) is 41.0 Å². The summed E-state index contributed by atoms with van der Waals surface area (Å²) >= 11 is 0. The van der Waals surface area contributed by atoms with E-state index in [1.54, 1.807) is 49.9 Å². The molecule has 0 saturated heterocycles. The number of nitrogens with one attached hydrogen (secondary N) is 2. The number of aryl methyl sites for hydroxylation is 1. The zero-order valence-electron chi connectivity index (χ0n) is 23.6. The van der Waals surface area contributed by atoms with E-state index in [-0.39, 0.29) is 17.7 Å². The van der Waals surface area contributed by atoms with Crippen LogP contribution in [0.4, 0.5) is 10.5 Å². The number of rotatable bonds is 10. The van der Waals surface area contributed by atoms with E-state index in [9.17, 15) is 14.4 Å². The Morgan fingerprint density at radius 2 is 1.68 bits per heavy atom. The molecule has 0 heterocycles. The van der Waals surface area contributed by atoms with Crippen molar-refractivity contribution in [2.75, 3.05) is 11.9 Å². The average Bonchev–Trinajstić information content (AvgIpc) is 2.87. The molecule has 0 radical (unpaired) electrons. The summed E-state index contributed by atoms with van der Waals surface area (Å²) in [5.74, 6) is 1.69. The molecule has 3 amide bonds. The molecule has 3 unspecified atom stereocenters. The Morgan fingerprint density at radius 1 is 1.05 bits per heavy atom. The fourth-order valence-electron chi connectivity index (χ4n) is 4.05. The van der Waals surface area contributed by atoms with Gasteiger partial charge in [-0.25, -0.2) is 4.79 Å². The highest BCUT2D eigenvalue weighted by Gasteiger charge is 2.37. The number of terminal acetylenes is 1. The van der Waals surface area contributed by atoms with Gasteiger partial charge in [0.2, 0.25) is 5.91 Å². The highest BCUT2D eigenvalue weighted by Crippen LogP contribution is 2.27. The van der Waals surface area contributed by atoms with Gasteiger partial charge in [-0.05, 0) is 69.4 Å². The molecule has 2 N–H and O–H groups in total. The Bertz CT molecular complexity index is 1140. The number of alkyl carbamates (subject to hydrolysis) is 1. The number of ether oxygens (including phenoxy) is 1. The van der Waals surface area contributed by atoms with Crippen LogP contribution in [0.15, 0.2) is 48.5 Å². The number of para-hydroxylation sites is 1. The zero-order chi connectivity index (χ0) is 28.5. The SMILES string of the molecule is C#Cc1ccc(C(C(=O)Nc2ccccc2C)N(CCC)C(=O)C(NC(=O)OC(C)(C)C)C(C)CC)cc1. The largest absolute Gasteiger partial charge is 0.444 e. The molecule has 2 rings (SSSR count). The van der Waals surface area contributed by atoms with Crippen molar-refractivity contribution in [3.63, 3.8) is 0 Å². The second-order valence-electron chi connectivity index (χ2n) is 10.5. The van der Waals surface area contributed by atoms with Gasteiger partial charge in [-0.3, -0.25) is 9.59 Å². The Morgan fingerprint density at radius 3 is 2.21 bits per heavy atom. The molecule has 7 heteroatoms. The number of anilines is 1. The summed E-state index contributed by atoms with van der Waals surface area (Å²) in [7, 11) is 0. The van der Waals surface area contributed by atoms with Crippen LogP contribution in [0.1, 0.15) is 77.1 Å². The number of carbonyl (C=O) groups is 3. The number of amides is 3. The molecule has 0 fully saturated rings. The lowest BCUT2D eigenvalue weighted by Gasteiger charge is -2.36. The Balaban J connectivity index is 2.54. The zero-order valence-corrected chi connectivity index (χ0v) is 23.6. The van der Waals surface area contributed by atoms with E-state index in [0.29, 0.717) is 36.2 Å². The summed E-state index contributed by atoms with van der Waals surface area (Å²) in [6.45, 7) is 13.3. The maximum atomic E-state index is 14.1. The first-order valence-electron chi connectivity index (χ1n) is 13.1. The third kappa shape index (κ3) is 8.37. The van der Waals surface area contributed by atoms with Crippen molar-refractivity contribution in [1.29, 1.82) is 0 Å². The van der Waals surface area contributed by atoms with E-state index in [4.69, 9.17) is 11.2 Å². The number of benzene rings is 2. The molecule has 3 atom stereocenters. The fraction of sp³-hybridized carbons (Fsp3) is 0.452. The van der Waals surface area contributed by atoms with Gasteiger partial charge >= 0.3 is 6.09 Å². The van der Waals surface area contributed by atoms with E-state index >= 15 is 0 Å². The normalized spacial score (nSPS) is 13.4. The fourth-order valence-corrected chi connectivity index (χ4v) is 4.05. The molecule has 0 aliphatic rings. The van der Waals surface area contributed by atoms with Crippen LogP contribution in [0.5, 0.6) is 0 Å². The molecule has 2 aromatic rings. The van der Waals surface area contributed by atoms with E-state index in [1.807, 2.05) is 52.0 Å². The standard InChI is InChI=1S/C31H41N3O4/c1-9-20-34(29(36)26(21(4)10-2)33-30(37)38-31(6,7)8)27(24-18-16-23(11-3)17-19-24)28(35)32-25-15-13-12-14-22(25)5/h3,12-19,21,26-27H,9-10,20H2,1-2,4-8H3,(H,32,35)(H,33,37). The molecular formula is C31H41N3O4. The number of carbonyl (C=O) groups excluding carboxylic acids is 3. The summed E-state index contributed by atoms with van der Waals surface area (Å²) in [4.78, 5) is 42.2. The minimum absolute atomic E-state index is 0.196. The van der Waals surface area contributed by atoms with Gasteiger partial charge in [0.1, 0.15) is 17.7 Å². The molecular weight excluding hydrogens is 478 g/mol. The van der Waals surface area contributed by atoms with Crippen LogP contribution in [0.2, 0.25) is 0 Å². The van der Waals surface area contributed by atoms with Crippen molar-refractivity contribution in [2.45, 2.75) is 79.0 Å². The highest BCUT2D eigenvalue weighted by molar-refractivity contribution is 5.99. The summed E-state index contributed by atoms with van der Waals surface area (Å²) in [6.07, 6.45) is 6.12. The van der Waals surface area contributed by atoms with Crippen molar-refractivity contribution in [3.05, 3.63) is 65.2 Å². The quantitative estimate of drug-likeness (QED) is 0.387. The topological polar surface area (TPSA) is 87.7 Å².